The third-order valence-electron chi connectivity index (χ3n) is 2.18. The standard InChI is InChI=1S/C8H11NO4S2/c1-6(10)13-7-3-15(11,12)4-8(7,2)14-5-9/h7H,3-4H2,1-2H3. The number of thiocyanates is 1. The molecule has 0 aromatic heterocycles. The van der Waals surface area contributed by atoms with E-state index in [0.717, 1.165) is 11.8 Å². The van der Waals surface area contributed by atoms with E-state index in [1.807, 2.05) is 5.40 Å². The summed E-state index contributed by atoms with van der Waals surface area (Å²) in [6.45, 7) is 2.85. The minimum absolute atomic E-state index is 0.129. The fraction of sp³-hybridized carbons (Fsp3) is 0.750. The van der Waals surface area contributed by atoms with Crippen molar-refractivity contribution in [3.05, 3.63) is 0 Å². The van der Waals surface area contributed by atoms with Crippen molar-refractivity contribution in [1.82, 2.24) is 0 Å². The van der Waals surface area contributed by atoms with E-state index in [1.165, 1.54) is 6.92 Å². The number of carbonyl (C=O) groups is 1. The monoisotopic (exact) mass is 249 g/mol. The van der Waals surface area contributed by atoms with Gasteiger partial charge >= 0.3 is 5.97 Å². The molecule has 7 heteroatoms. The zero-order valence-electron chi connectivity index (χ0n) is 8.39. The lowest BCUT2D eigenvalue weighted by molar-refractivity contribution is -0.146. The maximum atomic E-state index is 11.4. The summed E-state index contributed by atoms with van der Waals surface area (Å²) in [5.41, 5.74) is 0. The van der Waals surface area contributed by atoms with Gasteiger partial charge in [0.15, 0.2) is 9.84 Å². The summed E-state index contributed by atoms with van der Waals surface area (Å²) >= 11 is 0.843. The van der Waals surface area contributed by atoms with Crippen molar-refractivity contribution < 1.29 is 17.9 Å². The molecule has 0 spiro atoms. The van der Waals surface area contributed by atoms with E-state index in [-0.39, 0.29) is 11.5 Å². The molecule has 0 radical (unpaired) electrons. The highest BCUT2D eigenvalue weighted by Gasteiger charge is 2.50. The molecule has 0 amide bonds. The maximum Gasteiger partial charge on any atom is 0.302 e. The number of nitriles is 1. The normalized spacial score (nSPS) is 33.3. The van der Waals surface area contributed by atoms with Gasteiger partial charge in [-0.05, 0) is 18.7 Å². The zero-order valence-corrected chi connectivity index (χ0v) is 10.0. The molecule has 0 N–H and O–H groups in total. The first kappa shape index (κ1) is 12.3. The van der Waals surface area contributed by atoms with Crippen LogP contribution in [0.25, 0.3) is 0 Å². The molecule has 0 aliphatic carbocycles. The molecule has 1 saturated heterocycles. The minimum Gasteiger partial charge on any atom is -0.460 e. The minimum atomic E-state index is -3.22. The van der Waals surface area contributed by atoms with E-state index in [2.05, 4.69) is 0 Å². The number of esters is 1. The summed E-state index contributed by atoms with van der Waals surface area (Å²) in [5, 5.41) is 10.4. The molecule has 1 fully saturated rings. The van der Waals surface area contributed by atoms with Crippen LogP contribution in [0, 0.1) is 10.7 Å². The topological polar surface area (TPSA) is 84.2 Å². The SMILES string of the molecule is CC(=O)OC1CS(=O)(=O)CC1(C)SC#N. The second-order valence-electron chi connectivity index (χ2n) is 3.66. The van der Waals surface area contributed by atoms with E-state index in [1.54, 1.807) is 6.92 Å². The number of carbonyl (C=O) groups excluding carboxylic acids is 1. The van der Waals surface area contributed by atoms with Crippen LogP contribution in [-0.4, -0.2) is 36.7 Å². The molecule has 0 aromatic rings. The van der Waals surface area contributed by atoms with Gasteiger partial charge in [0.25, 0.3) is 0 Å². The molecule has 1 heterocycles. The summed E-state index contributed by atoms with van der Waals surface area (Å²) in [5.74, 6) is -0.852. The Morgan fingerprint density at radius 2 is 2.27 bits per heavy atom. The van der Waals surface area contributed by atoms with Crippen LogP contribution in [0.5, 0.6) is 0 Å². The molecule has 15 heavy (non-hydrogen) atoms. The number of ether oxygens (including phenoxy) is 1. The Kier molecular flexibility index (Phi) is 3.31. The molecular weight excluding hydrogens is 238 g/mol. The highest BCUT2D eigenvalue weighted by molar-refractivity contribution is 8.06. The molecule has 0 saturated carbocycles. The van der Waals surface area contributed by atoms with Crippen molar-refractivity contribution in [2.45, 2.75) is 24.7 Å². The summed E-state index contributed by atoms with van der Waals surface area (Å²) in [4.78, 5) is 10.8. The zero-order chi connectivity index (χ0) is 11.7. The number of hydrogen-bond acceptors (Lipinski definition) is 6. The fourth-order valence-electron chi connectivity index (χ4n) is 1.55. The third kappa shape index (κ3) is 2.86. The first-order chi connectivity index (χ1) is 6.79. The summed E-state index contributed by atoms with van der Waals surface area (Å²) in [7, 11) is -3.22. The number of nitrogens with zero attached hydrogens (tertiary/aromatic N) is 1. The van der Waals surface area contributed by atoms with Crippen LogP contribution in [0.15, 0.2) is 0 Å². The van der Waals surface area contributed by atoms with Crippen LogP contribution in [0.4, 0.5) is 0 Å². The Morgan fingerprint density at radius 1 is 1.67 bits per heavy atom. The first-order valence-electron chi connectivity index (χ1n) is 4.24. The Labute approximate surface area is 92.7 Å². The summed E-state index contributed by atoms with van der Waals surface area (Å²) in [6.07, 6.45) is -0.732. The smallest absolute Gasteiger partial charge is 0.302 e. The Hall–Kier alpha value is -0.740. The molecule has 2 unspecified atom stereocenters. The lowest BCUT2D eigenvalue weighted by Gasteiger charge is -2.25. The molecule has 1 aliphatic heterocycles. The Bertz CT molecular complexity index is 411. The lowest BCUT2D eigenvalue weighted by Crippen LogP contribution is -2.37. The van der Waals surface area contributed by atoms with Gasteiger partial charge in [0, 0.05) is 6.92 Å². The lowest BCUT2D eigenvalue weighted by atomic mass is 10.1. The molecule has 84 valence electrons. The third-order valence-corrected chi connectivity index (χ3v) is 5.18. The van der Waals surface area contributed by atoms with Crippen molar-refractivity contribution in [2.75, 3.05) is 11.5 Å². The van der Waals surface area contributed by atoms with Gasteiger partial charge in [0.05, 0.1) is 16.3 Å². The molecule has 0 aromatic carbocycles. The van der Waals surface area contributed by atoms with E-state index < -0.39 is 26.7 Å². The predicted molar refractivity (Wildman–Crippen MR) is 55.8 cm³/mol. The van der Waals surface area contributed by atoms with Crippen LogP contribution in [0.2, 0.25) is 0 Å². The van der Waals surface area contributed by atoms with Crippen molar-refractivity contribution in [3.8, 4) is 5.40 Å². The number of thioether (sulfide) groups is 1. The van der Waals surface area contributed by atoms with Crippen molar-refractivity contribution >= 4 is 27.6 Å². The van der Waals surface area contributed by atoms with Gasteiger partial charge in [-0.15, -0.1) is 0 Å². The highest BCUT2D eigenvalue weighted by atomic mass is 32.2. The van der Waals surface area contributed by atoms with Gasteiger partial charge in [0.1, 0.15) is 11.5 Å². The van der Waals surface area contributed by atoms with Crippen LogP contribution < -0.4 is 0 Å². The largest absolute Gasteiger partial charge is 0.460 e. The first-order valence-corrected chi connectivity index (χ1v) is 6.87. The summed E-state index contributed by atoms with van der Waals surface area (Å²) in [6, 6.07) is 0. The van der Waals surface area contributed by atoms with Gasteiger partial charge < -0.3 is 4.74 Å². The Balaban J connectivity index is 2.94. The second kappa shape index (κ2) is 4.02. The van der Waals surface area contributed by atoms with Gasteiger partial charge in [0.2, 0.25) is 0 Å². The quantitative estimate of drug-likeness (QED) is 0.517. The molecule has 5 nitrogen and oxygen atoms in total. The average molecular weight is 249 g/mol. The Morgan fingerprint density at radius 3 is 2.73 bits per heavy atom. The van der Waals surface area contributed by atoms with Crippen LogP contribution >= 0.6 is 11.8 Å². The molecule has 1 rings (SSSR count). The van der Waals surface area contributed by atoms with Crippen LogP contribution in [-0.2, 0) is 19.4 Å². The molecule has 0 bridgehead atoms. The van der Waals surface area contributed by atoms with Crippen LogP contribution in [0.1, 0.15) is 13.8 Å². The average Bonchev–Trinajstić information content (AvgIpc) is 2.20. The van der Waals surface area contributed by atoms with Gasteiger partial charge in [-0.1, -0.05) is 0 Å². The van der Waals surface area contributed by atoms with Crippen LogP contribution in [0.3, 0.4) is 0 Å². The van der Waals surface area contributed by atoms with E-state index in [0.29, 0.717) is 0 Å². The van der Waals surface area contributed by atoms with E-state index in [4.69, 9.17) is 10.00 Å². The second-order valence-corrected chi connectivity index (χ2v) is 7.09. The van der Waals surface area contributed by atoms with Gasteiger partial charge in [-0.3, -0.25) is 4.79 Å². The summed E-state index contributed by atoms with van der Waals surface area (Å²) < 4.78 is 26.9. The van der Waals surface area contributed by atoms with Crippen molar-refractivity contribution in [3.63, 3.8) is 0 Å². The fourth-order valence-corrected chi connectivity index (χ4v) is 4.98. The maximum absolute atomic E-state index is 11.4. The van der Waals surface area contributed by atoms with E-state index in [9.17, 15) is 13.2 Å². The molecule has 2 atom stereocenters. The van der Waals surface area contributed by atoms with Gasteiger partial charge in [-0.2, -0.15) is 5.26 Å². The molecule has 1 aliphatic rings. The highest BCUT2D eigenvalue weighted by Crippen LogP contribution is 2.37. The van der Waals surface area contributed by atoms with Gasteiger partial charge in [-0.25, -0.2) is 8.42 Å². The van der Waals surface area contributed by atoms with E-state index >= 15 is 0 Å². The van der Waals surface area contributed by atoms with Crippen molar-refractivity contribution in [1.29, 1.82) is 5.26 Å². The van der Waals surface area contributed by atoms with Crippen molar-refractivity contribution in [2.24, 2.45) is 0 Å². The number of rotatable bonds is 2. The number of sulfone groups is 1. The number of hydrogen-bond donors (Lipinski definition) is 0. The predicted octanol–water partition coefficient (Wildman–Crippen LogP) is 0.319. The molecular formula is C8H11NO4S2.